The Kier molecular flexibility index (Phi) is 5.99. The predicted molar refractivity (Wildman–Crippen MR) is 85.6 cm³/mol. The van der Waals surface area contributed by atoms with Crippen LogP contribution in [0.25, 0.3) is 0 Å². The van der Waals surface area contributed by atoms with Crippen molar-refractivity contribution in [3.8, 4) is 0 Å². The molecule has 4 nitrogen and oxygen atoms in total. The maximum Gasteiger partial charge on any atom is 0.306 e. The smallest absolute Gasteiger partial charge is 0.306 e. The van der Waals surface area contributed by atoms with Gasteiger partial charge in [-0.1, -0.05) is 37.3 Å². The van der Waals surface area contributed by atoms with Gasteiger partial charge in [-0.3, -0.25) is 9.59 Å². The van der Waals surface area contributed by atoms with Gasteiger partial charge < -0.3 is 10.4 Å². The Labute approximate surface area is 131 Å². The molecule has 2 N–H and O–H groups in total. The van der Waals surface area contributed by atoms with E-state index in [1.165, 1.54) is 5.56 Å². The van der Waals surface area contributed by atoms with E-state index < -0.39 is 5.97 Å². The van der Waals surface area contributed by atoms with Gasteiger partial charge in [0.15, 0.2) is 0 Å². The molecule has 0 aromatic heterocycles. The number of benzene rings is 1. The lowest BCUT2D eigenvalue weighted by Gasteiger charge is -2.27. The summed E-state index contributed by atoms with van der Waals surface area (Å²) in [4.78, 5) is 23.2. The first-order valence-electron chi connectivity index (χ1n) is 8.17. The van der Waals surface area contributed by atoms with E-state index in [1.807, 2.05) is 18.2 Å². The van der Waals surface area contributed by atoms with Crippen molar-refractivity contribution in [2.24, 2.45) is 5.92 Å². The summed E-state index contributed by atoms with van der Waals surface area (Å²) in [6.07, 6.45) is 4.30. The Hall–Kier alpha value is -1.84. The van der Waals surface area contributed by atoms with Crippen molar-refractivity contribution in [1.82, 2.24) is 5.32 Å². The van der Waals surface area contributed by atoms with E-state index in [-0.39, 0.29) is 23.8 Å². The molecule has 1 amide bonds. The van der Waals surface area contributed by atoms with Crippen LogP contribution in [0.1, 0.15) is 56.9 Å². The normalized spacial score (nSPS) is 22.8. The number of hydrogen-bond donors (Lipinski definition) is 2. The fourth-order valence-corrected chi connectivity index (χ4v) is 3.22. The van der Waals surface area contributed by atoms with Gasteiger partial charge in [-0.05, 0) is 43.6 Å². The Morgan fingerprint density at radius 3 is 2.36 bits per heavy atom. The third-order valence-corrected chi connectivity index (χ3v) is 4.64. The minimum Gasteiger partial charge on any atom is -0.481 e. The fourth-order valence-electron chi connectivity index (χ4n) is 3.22. The van der Waals surface area contributed by atoms with Crippen molar-refractivity contribution in [2.45, 2.75) is 57.4 Å². The largest absolute Gasteiger partial charge is 0.481 e. The first-order valence-corrected chi connectivity index (χ1v) is 8.17. The number of aliphatic carboxylic acids is 1. The maximum absolute atomic E-state index is 12.2. The van der Waals surface area contributed by atoms with E-state index in [1.54, 1.807) is 0 Å². The monoisotopic (exact) mass is 303 g/mol. The molecule has 4 heteroatoms. The molecule has 1 aliphatic carbocycles. The van der Waals surface area contributed by atoms with E-state index >= 15 is 0 Å². The number of nitrogens with one attached hydrogen (secondary N) is 1. The summed E-state index contributed by atoms with van der Waals surface area (Å²) in [5, 5.41) is 12.1. The Balaban J connectivity index is 1.81. The van der Waals surface area contributed by atoms with Gasteiger partial charge in [0.2, 0.25) is 5.91 Å². The van der Waals surface area contributed by atoms with E-state index in [0.717, 1.165) is 19.3 Å². The highest BCUT2D eigenvalue weighted by atomic mass is 16.4. The molecule has 0 bridgehead atoms. The van der Waals surface area contributed by atoms with E-state index in [9.17, 15) is 9.59 Å². The average Bonchev–Trinajstić information content (AvgIpc) is 2.54. The van der Waals surface area contributed by atoms with Gasteiger partial charge in [0.25, 0.3) is 0 Å². The number of carboxylic acids is 1. The summed E-state index contributed by atoms with van der Waals surface area (Å²) in [6, 6.07) is 10.3. The molecule has 0 heterocycles. The summed E-state index contributed by atoms with van der Waals surface area (Å²) in [7, 11) is 0. The molecule has 1 saturated carbocycles. The molecule has 0 saturated heterocycles. The first kappa shape index (κ1) is 16.5. The fraction of sp³-hybridized carbons (Fsp3) is 0.556. The zero-order valence-corrected chi connectivity index (χ0v) is 13.1. The van der Waals surface area contributed by atoms with Crippen molar-refractivity contribution >= 4 is 11.9 Å². The van der Waals surface area contributed by atoms with Gasteiger partial charge in [0, 0.05) is 12.5 Å². The van der Waals surface area contributed by atoms with Gasteiger partial charge in [0.1, 0.15) is 0 Å². The maximum atomic E-state index is 12.2. The zero-order chi connectivity index (χ0) is 15.9. The minimum atomic E-state index is -0.708. The molecule has 1 aromatic carbocycles. The van der Waals surface area contributed by atoms with Crippen LogP contribution in [0.2, 0.25) is 0 Å². The zero-order valence-electron chi connectivity index (χ0n) is 13.1. The number of carbonyl (C=O) groups excluding carboxylic acids is 1. The van der Waals surface area contributed by atoms with Crippen LogP contribution in [0, 0.1) is 5.92 Å². The number of amides is 1. The van der Waals surface area contributed by atoms with Gasteiger partial charge >= 0.3 is 5.97 Å². The molecule has 1 aromatic rings. The molecule has 22 heavy (non-hydrogen) atoms. The van der Waals surface area contributed by atoms with Crippen LogP contribution >= 0.6 is 0 Å². The van der Waals surface area contributed by atoms with Crippen LogP contribution in [-0.2, 0) is 9.59 Å². The molecule has 1 unspecified atom stereocenters. The number of rotatable bonds is 6. The quantitative estimate of drug-likeness (QED) is 0.847. The van der Waals surface area contributed by atoms with Crippen molar-refractivity contribution < 1.29 is 14.7 Å². The molecular weight excluding hydrogens is 278 g/mol. The molecule has 1 atom stereocenters. The van der Waals surface area contributed by atoms with Crippen LogP contribution in [-0.4, -0.2) is 23.0 Å². The van der Waals surface area contributed by atoms with Crippen LogP contribution in [0.5, 0.6) is 0 Å². The van der Waals surface area contributed by atoms with E-state index in [0.29, 0.717) is 19.3 Å². The molecular formula is C18H25NO3. The van der Waals surface area contributed by atoms with E-state index in [2.05, 4.69) is 24.4 Å². The Morgan fingerprint density at radius 1 is 1.18 bits per heavy atom. The second kappa shape index (κ2) is 7.97. The van der Waals surface area contributed by atoms with Crippen LogP contribution in [0.3, 0.4) is 0 Å². The summed E-state index contributed by atoms with van der Waals surface area (Å²) in [5.74, 6) is -0.619. The highest BCUT2D eigenvalue weighted by molar-refractivity contribution is 5.77. The molecule has 1 fully saturated rings. The number of hydrogen-bond acceptors (Lipinski definition) is 2. The lowest BCUT2D eigenvalue weighted by molar-refractivity contribution is -0.142. The van der Waals surface area contributed by atoms with Gasteiger partial charge in [0.05, 0.1) is 5.92 Å². The summed E-state index contributed by atoms with van der Waals surface area (Å²) < 4.78 is 0. The van der Waals surface area contributed by atoms with Crippen molar-refractivity contribution in [3.05, 3.63) is 35.9 Å². The lowest BCUT2D eigenvalue weighted by atomic mass is 9.86. The molecule has 1 aliphatic rings. The van der Waals surface area contributed by atoms with E-state index in [4.69, 9.17) is 5.11 Å². The molecule has 0 aliphatic heterocycles. The van der Waals surface area contributed by atoms with Crippen molar-refractivity contribution in [1.29, 1.82) is 0 Å². The Bertz CT molecular complexity index is 492. The van der Waals surface area contributed by atoms with Crippen LogP contribution in [0.4, 0.5) is 0 Å². The third kappa shape index (κ3) is 4.58. The highest BCUT2D eigenvalue weighted by Crippen LogP contribution is 2.26. The second-order valence-corrected chi connectivity index (χ2v) is 6.17. The molecule has 0 spiro atoms. The highest BCUT2D eigenvalue weighted by Gasteiger charge is 2.27. The van der Waals surface area contributed by atoms with Crippen molar-refractivity contribution in [2.75, 3.05) is 0 Å². The number of carboxylic acid groups (broad SMARTS) is 1. The predicted octanol–water partition coefficient (Wildman–Crippen LogP) is 3.33. The average molecular weight is 303 g/mol. The third-order valence-electron chi connectivity index (χ3n) is 4.64. The van der Waals surface area contributed by atoms with Crippen molar-refractivity contribution in [3.63, 3.8) is 0 Å². The summed E-state index contributed by atoms with van der Waals surface area (Å²) in [5.41, 5.74) is 1.20. The summed E-state index contributed by atoms with van der Waals surface area (Å²) in [6.45, 7) is 2.10. The second-order valence-electron chi connectivity index (χ2n) is 6.17. The van der Waals surface area contributed by atoms with Gasteiger partial charge in [-0.25, -0.2) is 0 Å². The summed E-state index contributed by atoms with van der Waals surface area (Å²) >= 11 is 0. The lowest BCUT2D eigenvalue weighted by Crippen LogP contribution is -2.39. The number of carbonyl (C=O) groups is 2. The molecule has 2 rings (SSSR count). The van der Waals surface area contributed by atoms with Gasteiger partial charge in [-0.15, -0.1) is 0 Å². The van der Waals surface area contributed by atoms with Crippen LogP contribution < -0.4 is 5.32 Å². The van der Waals surface area contributed by atoms with Gasteiger partial charge in [-0.2, -0.15) is 0 Å². The SMILES string of the molecule is CCC(CC(=O)NC1CCC(C(=O)O)CC1)c1ccccc1. The topological polar surface area (TPSA) is 66.4 Å². The molecule has 0 radical (unpaired) electrons. The van der Waals surface area contributed by atoms with Crippen LogP contribution in [0.15, 0.2) is 30.3 Å². The minimum absolute atomic E-state index is 0.0782. The standard InChI is InChI=1S/C18H25NO3/c1-2-13(14-6-4-3-5-7-14)12-17(20)19-16-10-8-15(9-11-16)18(21)22/h3-7,13,15-16H,2,8-12H2,1H3,(H,19,20)(H,21,22). The Morgan fingerprint density at radius 2 is 1.82 bits per heavy atom. The first-order chi connectivity index (χ1) is 10.6. The molecule has 120 valence electrons.